The van der Waals surface area contributed by atoms with Gasteiger partial charge in [0.1, 0.15) is 6.07 Å². The lowest BCUT2D eigenvalue weighted by atomic mass is 10.2. The number of ether oxygens (including phenoxy) is 2. The number of benzene rings is 1. The zero-order valence-electron chi connectivity index (χ0n) is 7.70. The Morgan fingerprint density at radius 2 is 2.23 bits per heavy atom. The minimum Gasteiger partial charge on any atom is -0.492 e. The summed E-state index contributed by atoms with van der Waals surface area (Å²) in [6.45, 7) is 2.45. The topological polar surface area (TPSA) is 42.2 Å². The van der Waals surface area contributed by atoms with Gasteiger partial charge in [-0.25, -0.2) is 0 Å². The molecule has 0 fully saturated rings. The quantitative estimate of drug-likeness (QED) is 0.708. The summed E-state index contributed by atoms with van der Waals surface area (Å²) in [4.78, 5) is 0. The highest BCUT2D eigenvalue weighted by atomic mass is 16.5. The molecule has 0 saturated heterocycles. The minimum atomic E-state index is 0.494. The van der Waals surface area contributed by atoms with Crippen LogP contribution in [0.25, 0.3) is 0 Å². The van der Waals surface area contributed by atoms with Crippen LogP contribution in [0.2, 0.25) is 0 Å². The minimum absolute atomic E-state index is 0.494. The Hall–Kier alpha value is -1.69. The number of para-hydroxylation sites is 1. The van der Waals surface area contributed by atoms with Crippen LogP contribution in [0.15, 0.2) is 18.2 Å². The summed E-state index contributed by atoms with van der Waals surface area (Å²) in [5.74, 6) is 1.12. The van der Waals surface area contributed by atoms with Gasteiger partial charge < -0.3 is 9.47 Å². The first kappa shape index (κ1) is 9.40. The molecular weight excluding hydrogens is 166 g/mol. The molecule has 68 valence electrons. The molecule has 0 unspecified atom stereocenters. The van der Waals surface area contributed by atoms with Gasteiger partial charge in [-0.15, -0.1) is 0 Å². The molecule has 0 spiro atoms. The molecule has 3 nitrogen and oxygen atoms in total. The van der Waals surface area contributed by atoms with Crippen molar-refractivity contribution < 1.29 is 9.47 Å². The second-order valence-electron chi connectivity index (χ2n) is 2.38. The summed E-state index contributed by atoms with van der Waals surface area (Å²) in [6, 6.07) is 7.29. The number of hydrogen-bond acceptors (Lipinski definition) is 3. The number of methoxy groups -OCH3 is 1. The molecule has 13 heavy (non-hydrogen) atoms. The predicted molar refractivity (Wildman–Crippen MR) is 48.9 cm³/mol. The van der Waals surface area contributed by atoms with Crippen molar-refractivity contribution in [2.75, 3.05) is 13.7 Å². The SMILES string of the molecule is CCOc1cccc(C#N)c1OC. The zero-order valence-corrected chi connectivity index (χ0v) is 7.70. The van der Waals surface area contributed by atoms with Crippen LogP contribution < -0.4 is 9.47 Å². The van der Waals surface area contributed by atoms with Crippen LogP contribution >= 0.6 is 0 Å². The summed E-state index contributed by atoms with van der Waals surface area (Å²) in [6.07, 6.45) is 0. The molecule has 0 aliphatic carbocycles. The van der Waals surface area contributed by atoms with E-state index >= 15 is 0 Å². The van der Waals surface area contributed by atoms with Crippen molar-refractivity contribution in [1.82, 2.24) is 0 Å². The predicted octanol–water partition coefficient (Wildman–Crippen LogP) is 1.97. The van der Waals surface area contributed by atoms with Gasteiger partial charge in [0.05, 0.1) is 19.3 Å². The lowest BCUT2D eigenvalue weighted by molar-refractivity contribution is 0.310. The number of hydrogen-bond donors (Lipinski definition) is 0. The summed E-state index contributed by atoms with van der Waals surface area (Å²) < 4.78 is 10.4. The van der Waals surface area contributed by atoms with Crippen LogP contribution in [0.1, 0.15) is 12.5 Å². The lowest BCUT2D eigenvalue weighted by Crippen LogP contribution is -1.96. The van der Waals surface area contributed by atoms with Crippen LogP contribution in [0.5, 0.6) is 11.5 Å². The van der Waals surface area contributed by atoms with Gasteiger partial charge >= 0.3 is 0 Å². The third-order valence-corrected chi connectivity index (χ3v) is 1.60. The molecule has 0 saturated carbocycles. The lowest BCUT2D eigenvalue weighted by Gasteiger charge is -2.09. The van der Waals surface area contributed by atoms with Crippen molar-refractivity contribution in [3.63, 3.8) is 0 Å². The van der Waals surface area contributed by atoms with E-state index in [-0.39, 0.29) is 0 Å². The van der Waals surface area contributed by atoms with Crippen molar-refractivity contribution in [2.45, 2.75) is 6.92 Å². The molecule has 0 bridgehead atoms. The molecule has 0 aliphatic heterocycles. The second-order valence-corrected chi connectivity index (χ2v) is 2.38. The normalized spacial score (nSPS) is 9.00. The first-order valence-corrected chi connectivity index (χ1v) is 4.03. The fraction of sp³-hybridized carbons (Fsp3) is 0.300. The Bertz CT molecular complexity index is 328. The zero-order chi connectivity index (χ0) is 9.68. The van der Waals surface area contributed by atoms with Gasteiger partial charge in [0.15, 0.2) is 11.5 Å². The van der Waals surface area contributed by atoms with Gasteiger partial charge in [0.2, 0.25) is 0 Å². The standard InChI is InChI=1S/C10H11NO2/c1-3-13-9-6-4-5-8(7-11)10(9)12-2/h4-6H,3H2,1-2H3. The van der Waals surface area contributed by atoms with E-state index in [1.54, 1.807) is 18.2 Å². The average molecular weight is 177 g/mol. The van der Waals surface area contributed by atoms with E-state index in [1.807, 2.05) is 13.0 Å². The fourth-order valence-electron chi connectivity index (χ4n) is 1.08. The molecule has 3 heteroatoms. The molecule has 0 N–H and O–H groups in total. The molecule has 1 aromatic rings. The van der Waals surface area contributed by atoms with E-state index in [0.29, 0.717) is 23.7 Å². The molecule has 1 aromatic carbocycles. The largest absolute Gasteiger partial charge is 0.492 e. The van der Waals surface area contributed by atoms with Crippen LogP contribution in [-0.4, -0.2) is 13.7 Å². The molecule has 1 rings (SSSR count). The van der Waals surface area contributed by atoms with Crippen LogP contribution in [0.4, 0.5) is 0 Å². The maximum absolute atomic E-state index is 8.76. The Kier molecular flexibility index (Phi) is 3.15. The van der Waals surface area contributed by atoms with Crippen LogP contribution in [0, 0.1) is 11.3 Å². The monoisotopic (exact) mass is 177 g/mol. The van der Waals surface area contributed by atoms with E-state index in [2.05, 4.69) is 0 Å². The number of nitriles is 1. The molecule has 0 atom stereocenters. The highest BCUT2D eigenvalue weighted by molar-refractivity contribution is 5.52. The molecular formula is C10H11NO2. The summed E-state index contributed by atoms with van der Waals surface area (Å²) >= 11 is 0. The van der Waals surface area contributed by atoms with Crippen molar-refractivity contribution in [2.24, 2.45) is 0 Å². The first-order chi connectivity index (χ1) is 6.33. The van der Waals surface area contributed by atoms with Gasteiger partial charge in [0, 0.05) is 0 Å². The third-order valence-electron chi connectivity index (χ3n) is 1.60. The van der Waals surface area contributed by atoms with Crippen LogP contribution in [0.3, 0.4) is 0 Å². The number of nitrogens with zero attached hydrogens (tertiary/aromatic N) is 1. The summed E-state index contributed by atoms with van der Waals surface area (Å²) in [5.41, 5.74) is 0.494. The molecule has 0 aromatic heterocycles. The van der Waals surface area contributed by atoms with E-state index < -0.39 is 0 Å². The van der Waals surface area contributed by atoms with Gasteiger partial charge in [-0.3, -0.25) is 0 Å². The fourth-order valence-corrected chi connectivity index (χ4v) is 1.08. The van der Waals surface area contributed by atoms with Gasteiger partial charge in [-0.1, -0.05) is 6.07 Å². The molecule has 0 aliphatic rings. The Morgan fingerprint density at radius 3 is 2.77 bits per heavy atom. The van der Waals surface area contributed by atoms with Gasteiger partial charge in [-0.2, -0.15) is 5.26 Å². The highest BCUT2D eigenvalue weighted by Crippen LogP contribution is 2.30. The van der Waals surface area contributed by atoms with Crippen molar-refractivity contribution in [1.29, 1.82) is 5.26 Å². The van der Waals surface area contributed by atoms with Crippen molar-refractivity contribution in [3.05, 3.63) is 23.8 Å². The Morgan fingerprint density at radius 1 is 1.46 bits per heavy atom. The second kappa shape index (κ2) is 4.36. The van der Waals surface area contributed by atoms with E-state index in [1.165, 1.54) is 7.11 Å². The molecule has 0 amide bonds. The smallest absolute Gasteiger partial charge is 0.178 e. The Balaban J connectivity index is 3.13. The van der Waals surface area contributed by atoms with Crippen molar-refractivity contribution >= 4 is 0 Å². The first-order valence-electron chi connectivity index (χ1n) is 4.03. The summed E-state index contributed by atoms with van der Waals surface area (Å²) in [7, 11) is 1.53. The maximum Gasteiger partial charge on any atom is 0.178 e. The molecule has 0 heterocycles. The van der Waals surface area contributed by atoms with Crippen molar-refractivity contribution in [3.8, 4) is 17.6 Å². The maximum atomic E-state index is 8.76. The highest BCUT2D eigenvalue weighted by Gasteiger charge is 2.08. The van der Waals surface area contributed by atoms with E-state index in [9.17, 15) is 0 Å². The van der Waals surface area contributed by atoms with E-state index in [0.717, 1.165) is 0 Å². The summed E-state index contributed by atoms with van der Waals surface area (Å²) in [5, 5.41) is 8.76. The average Bonchev–Trinajstić information content (AvgIpc) is 2.18. The third kappa shape index (κ3) is 1.91. The number of rotatable bonds is 3. The Labute approximate surface area is 77.5 Å². The van der Waals surface area contributed by atoms with Gasteiger partial charge in [-0.05, 0) is 19.1 Å². The van der Waals surface area contributed by atoms with Crippen LogP contribution in [-0.2, 0) is 0 Å². The van der Waals surface area contributed by atoms with Gasteiger partial charge in [0.25, 0.3) is 0 Å². The molecule has 0 radical (unpaired) electrons. The van der Waals surface area contributed by atoms with E-state index in [4.69, 9.17) is 14.7 Å².